The quantitative estimate of drug-likeness (QED) is 0.380. The summed E-state index contributed by atoms with van der Waals surface area (Å²) in [4.78, 5) is 27.1. The zero-order valence-corrected chi connectivity index (χ0v) is 20.0. The molecular weight excluding hydrogens is 428 g/mol. The molecule has 0 spiro atoms. The molecule has 1 heterocycles. The SMILES string of the molecule is CCCCCc1ccc(C(=O)Nc2ccc([C@H]3SCC(=O)N3c3cccc(C)c3)cc2)cc1. The second kappa shape index (κ2) is 10.7. The number of unbranched alkanes of at least 4 members (excludes halogenated alkanes) is 2. The number of thioether (sulfide) groups is 1. The van der Waals surface area contributed by atoms with E-state index in [0.29, 0.717) is 11.3 Å². The van der Waals surface area contributed by atoms with Gasteiger partial charge in [-0.05, 0) is 72.9 Å². The van der Waals surface area contributed by atoms with Crippen LogP contribution in [0, 0.1) is 6.92 Å². The summed E-state index contributed by atoms with van der Waals surface area (Å²) >= 11 is 1.63. The number of nitrogens with one attached hydrogen (secondary N) is 1. The fourth-order valence-electron chi connectivity index (χ4n) is 4.06. The molecule has 2 amide bonds. The van der Waals surface area contributed by atoms with Crippen LogP contribution in [-0.4, -0.2) is 17.6 Å². The summed E-state index contributed by atoms with van der Waals surface area (Å²) in [5, 5.41) is 2.92. The summed E-state index contributed by atoms with van der Waals surface area (Å²) in [5.41, 5.74) is 5.76. The Morgan fingerprint density at radius 2 is 1.79 bits per heavy atom. The normalized spacial score (nSPS) is 15.6. The highest BCUT2D eigenvalue weighted by Crippen LogP contribution is 2.42. The summed E-state index contributed by atoms with van der Waals surface area (Å²) in [5.74, 6) is 0.465. The molecule has 3 aromatic carbocycles. The third-order valence-corrected chi connectivity index (χ3v) is 7.10. The van der Waals surface area contributed by atoms with Gasteiger partial charge in [0.05, 0.1) is 5.75 Å². The summed E-state index contributed by atoms with van der Waals surface area (Å²) in [6, 6.07) is 23.7. The average Bonchev–Trinajstić information content (AvgIpc) is 3.21. The maximum Gasteiger partial charge on any atom is 0.255 e. The molecule has 1 atom stereocenters. The van der Waals surface area contributed by atoms with Crippen molar-refractivity contribution in [1.82, 2.24) is 0 Å². The molecule has 0 saturated carbocycles. The number of anilines is 2. The van der Waals surface area contributed by atoms with Crippen LogP contribution in [0.2, 0.25) is 0 Å². The van der Waals surface area contributed by atoms with Crippen molar-refractivity contribution in [2.24, 2.45) is 0 Å². The highest BCUT2D eigenvalue weighted by atomic mass is 32.2. The Labute approximate surface area is 200 Å². The lowest BCUT2D eigenvalue weighted by atomic mass is 10.1. The van der Waals surface area contributed by atoms with E-state index in [1.165, 1.54) is 24.8 Å². The topological polar surface area (TPSA) is 49.4 Å². The highest BCUT2D eigenvalue weighted by molar-refractivity contribution is 8.00. The first kappa shape index (κ1) is 23.1. The van der Waals surface area contributed by atoms with Crippen molar-refractivity contribution in [1.29, 1.82) is 0 Å². The molecule has 3 aromatic rings. The highest BCUT2D eigenvalue weighted by Gasteiger charge is 2.34. The van der Waals surface area contributed by atoms with Crippen LogP contribution in [0.5, 0.6) is 0 Å². The number of aryl methyl sites for hydroxylation is 2. The molecular formula is C28H30N2O2S. The number of nitrogens with zero attached hydrogens (tertiary/aromatic N) is 1. The summed E-state index contributed by atoms with van der Waals surface area (Å²) in [6.07, 6.45) is 4.67. The van der Waals surface area contributed by atoms with E-state index < -0.39 is 0 Å². The molecule has 1 N–H and O–H groups in total. The first-order valence-corrected chi connectivity index (χ1v) is 12.6. The van der Waals surface area contributed by atoms with Gasteiger partial charge in [-0.25, -0.2) is 0 Å². The lowest BCUT2D eigenvalue weighted by Crippen LogP contribution is -2.27. The third kappa shape index (κ3) is 5.66. The number of rotatable bonds is 8. The summed E-state index contributed by atoms with van der Waals surface area (Å²) in [7, 11) is 0. The largest absolute Gasteiger partial charge is 0.322 e. The number of amides is 2. The zero-order chi connectivity index (χ0) is 23.2. The third-order valence-electron chi connectivity index (χ3n) is 5.89. The van der Waals surface area contributed by atoms with Crippen LogP contribution in [0.3, 0.4) is 0 Å². The van der Waals surface area contributed by atoms with Gasteiger partial charge >= 0.3 is 0 Å². The Hall–Kier alpha value is -3.05. The molecule has 1 aliphatic rings. The van der Waals surface area contributed by atoms with Crippen molar-refractivity contribution < 1.29 is 9.59 Å². The Balaban J connectivity index is 1.41. The van der Waals surface area contributed by atoms with E-state index in [0.717, 1.165) is 28.9 Å². The van der Waals surface area contributed by atoms with E-state index in [1.807, 2.05) is 84.6 Å². The van der Waals surface area contributed by atoms with E-state index in [4.69, 9.17) is 0 Å². The number of carbonyl (C=O) groups is 2. The molecule has 4 nitrogen and oxygen atoms in total. The molecule has 0 bridgehead atoms. The van der Waals surface area contributed by atoms with E-state index >= 15 is 0 Å². The van der Waals surface area contributed by atoms with Crippen LogP contribution in [0.4, 0.5) is 11.4 Å². The predicted molar refractivity (Wildman–Crippen MR) is 138 cm³/mol. The van der Waals surface area contributed by atoms with E-state index in [2.05, 4.69) is 12.2 Å². The summed E-state index contributed by atoms with van der Waals surface area (Å²) in [6.45, 7) is 4.23. The van der Waals surface area contributed by atoms with Gasteiger partial charge in [0.25, 0.3) is 5.91 Å². The maximum atomic E-state index is 12.7. The van der Waals surface area contributed by atoms with Crippen LogP contribution in [0.25, 0.3) is 0 Å². The molecule has 33 heavy (non-hydrogen) atoms. The molecule has 1 fully saturated rings. The van der Waals surface area contributed by atoms with Gasteiger partial charge < -0.3 is 5.32 Å². The Morgan fingerprint density at radius 3 is 2.48 bits per heavy atom. The van der Waals surface area contributed by atoms with Crippen molar-refractivity contribution in [2.75, 3.05) is 16.0 Å². The van der Waals surface area contributed by atoms with E-state index in [-0.39, 0.29) is 17.2 Å². The fourth-order valence-corrected chi connectivity index (χ4v) is 5.24. The van der Waals surface area contributed by atoms with Crippen LogP contribution in [0.15, 0.2) is 72.8 Å². The Morgan fingerprint density at radius 1 is 1.03 bits per heavy atom. The molecule has 0 radical (unpaired) electrons. The number of hydrogen-bond donors (Lipinski definition) is 1. The van der Waals surface area contributed by atoms with Crippen molar-refractivity contribution in [2.45, 2.75) is 44.9 Å². The minimum atomic E-state index is -0.116. The van der Waals surface area contributed by atoms with E-state index in [9.17, 15) is 9.59 Å². The lowest BCUT2D eigenvalue weighted by molar-refractivity contribution is -0.115. The van der Waals surface area contributed by atoms with Crippen molar-refractivity contribution >= 4 is 35.0 Å². The second-order valence-electron chi connectivity index (χ2n) is 8.50. The first-order chi connectivity index (χ1) is 16.0. The average molecular weight is 459 g/mol. The molecule has 1 aliphatic heterocycles. The van der Waals surface area contributed by atoms with Gasteiger partial charge in [-0.2, -0.15) is 0 Å². The van der Waals surface area contributed by atoms with Gasteiger partial charge in [-0.1, -0.05) is 56.2 Å². The van der Waals surface area contributed by atoms with Gasteiger partial charge in [-0.3, -0.25) is 14.5 Å². The van der Waals surface area contributed by atoms with Crippen molar-refractivity contribution in [3.8, 4) is 0 Å². The van der Waals surface area contributed by atoms with Crippen molar-refractivity contribution in [3.63, 3.8) is 0 Å². The van der Waals surface area contributed by atoms with Crippen molar-refractivity contribution in [3.05, 3.63) is 95.1 Å². The van der Waals surface area contributed by atoms with Gasteiger partial charge in [-0.15, -0.1) is 11.8 Å². The Bertz CT molecular complexity index is 1110. The molecule has 5 heteroatoms. The minimum Gasteiger partial charge on any atom is -0.322 e. The maximum absolute atomic E-state index is 12.7. The van der Waals surface area contributed by atoms with Crippen LogP contribution >= 0.6 is 11.8 Å². The standard InChI is InChI=1S/C28H30N2O2S/c1-3-4-5-8-21-10-12-22(13-11-21)27(32)29-24-16-14-23(15-17-24)28-30(26(31)19-33-28)25-9-6-7-20(2)18-25/h6-7,9-18,28H,3-5,8,19H2,1-2H3,(H,29,32)/t28-/m1/s1. The van der Waals surface area contributed by atoms with Gasteiger partial charge in [0.15, 0.2) is 0 Å². The summed E-state index contributed by atoms with van der Waals surface area (Å²) < 4.78 is 0. The lowest BCUT2D eigenvalue weighted by Gasteiger charge is -2.25. The molecule has 0 unspecified atom stereocenters. The van der Waals surface area contributed by atoms with Crippen LogP contribution in [0.1, 0.15) is 58.6 Å². The molecule has 4 rings (SSSR count). The van der Waals surface area contributed by atoms with Crippen LogP contribution < -0.4 is 10.2 Å². The van der Waals surface area contributed by atoms with Gasteiger partial charge in [0.2, 0.25) is 5.91 Å². The number of hydrogen-bond acceptors (Lipinski definition) is 3. The smallest absolute Gasteiger partial charge is 0.255 e. The predicted octanol–water partition coefficient (Wildman–Crippen LogP) is 6.76. The zero-order valence-electron chi connectivity index (χ0n) is 19.2. The number of benzene rings is 3. The molecule has 170 valence electrons. The molecule has 0 aromatic heterocycles. The van der Waals surface area contributed by atoms with Gasteiger partial charge in [0.1, 0.15) is 5.37 Å². The van der Waals surface area contributed by atoms with Crippen LogP contribution in [-0.2, 0) is 11.2 Å². The van der Waals surface area contributed by atoms with E-state index in [1.54, 1.807) is 11.8 Å². The number of carbonyl (C=O) groups excluding carboxylic acids is 2. The molecule has 0 aliphatic carbocycles. The second-order valence-corrected chi connectivity index (χ2v) is 9.56. The van der Waals surface area contributed by atoms with Gasteiger partial charge in [0, 0.05) is 16.9 Å². The molecule has 1 saturated heterocycles. The Kier molecular flexibility index (Phi) is 7.50. The fraction of sp³-hybridized carbons (Fsp3) is 0.286. The minimum absolute atomic E-state index is 0.0655. The first-order valence-electron chi connectivity index (χ1n) is 11.6. The monoisotopic (exact) mass is 458 g/mol.